The Balaban J connectivity index is 0.00000169. The van der Waals surface area contributed by atoms with Crippen molar-refractivity contribution < 1.29 is 0 Å². The summed E-state index contributed by atoms with van der Waals surface area (Å²) in [5.74, 6) is 0.874. The van der Waals surface area contributed by atoms with Gasteiger partial charge in [0, 0.05) is 61.9 Å². The van der Waals surface area contributed by atoms with Crippen LogP contribution in [0.3, 0.4) is 0 Å². The lowest BCUT2D eigenvalue weighted by Crippen LogP contribution is -2.25. The predicted octanol–water partition coefficient (Wildman–Crippen LogP) is 2.40. The molecule has 24 heavy (non-hydrogen) atoms. The third-order valence-electron chi connectivity index (χ3n) is 5.01. The molecule has 2 aromatic rings. The van der Waals surface area contributed by atoms with Gasteiger partial charge in [0.05, 0.1) is 6.20 Å². The highest BCUT2D eigenvalue weighted by Crippen LogP contribution is 2.29. The molecule has 7 heteroatoms. The topological polar surface area (TPSA) is 58.9 Å². The normalized spacial score (nSPS) is 19.9. The highest BCUT2D eigenvalue weighted by molar-refractivity contribution is 5.85. The molecule has 1 aliphatic heterocycles. The Morgan fingerprint density at radius 2 is 1.88 bits per heavy atom. The van der Waals surface area contributed by atoms with Crippen LogP contribution in [-0.2, 0) is 20.0 Å². The second-order valence-electron chi connectivity index (χ2n) is 6.58. The molecular formula is C17H25ClN6. The maximum absolute atomic E-state index is 4.53. The lowest BCUT2D eigenvalue weighted by atomic mass is 9.93. The van der Waals surface area contributed by atoms with Gasteiger partial charge in [-0.25, -0.2) is 9.97 Å². The van der Waals surface area contributed by atoms with Gasteiger partial charge in [-0.2, -0.15) is 5.10 Å². The van der Waals surface area contributed by atoms with Crippen LogP contribution in [0.1, 0.15) is 48.5 Å². The van der Waals surface area contributed by atoms with Gasteiger partial charge >= 0.3 is 0 Å². The van der Waals surface area contributed by atoms with Crippen molar-refractivity contribution in [2.45, 2.75) is 44.7 Å². The molecule has 0 aromatic carbocycles. The summed E-state index contributed by atoms with van der Waals surface area (Å²) in [6, 6.07) is 0.394. The van der Waals surface area contributed by atoms with Crippen molar-refractivity contribution in [3.05, 3.63) is 35.4 Å². The molecule has 2 aliphatic rings. The van der Waals surface area contributed by atoms with Gasteiger partial charge in [-0.15, -0.1) is 12.4 Å². The van der Waals surface area contributed by atoms with E-state index in [-0.39, 0.29) is 12.4 Å². The van der Waals surface area contributed by atoms with Gasteiger partial charge in [0.15, 0.2) is 0 Å². The van der Waals surface area contributed by atoms with Gasteiger partial charge in [0.1, 0.15) is 0 Å². The van der Waals surface area contributed by atoms with Crippen LogP contribution >= 0.6 is 12.4 Å². The van der Waals surface area contributed by atoms with Crippen molar-refractivity contribution in [1.29, 1.82) is 0 Å². The van der Waals surface area contributed by atoms with E-state index in [9.17, 15) is 0 Å². The quantitative estimate of drug-likeness (QED) is 0.919. The van der Waals surface area contributed by atoms with Crippen molar-refractivity contribution in [2.75, 3.05) is 18.0 Å². The predicted molar refractivity (Wildman–Crippen MR) is 96.5 cm³/mol. The maximum Gasteiger partial charge on any atom is 0.225 e. The Labute approximate surface area is 149 Å². The molecule has 130 valence electrons. The Bertz CT molecular complexity index is 662. The summed E-state index contributed by atoms with van der Waals surface area (Å²) in [6.45, 7) is 2.98. The van der Waals surface area contributed by atoms with E-state index in [0.29, 0.717) is 6.04 Å². The van der Waals surface area contributed by atoms with Gasteiger partial charge in [0.2, 0.25) is 5.95 Å². The second kappa shape index (κ2) is 7.49. The van der Waals surface area contributed by atoms with Crippen LogP contribution < -0.4 is 10.2 Å². The third kappa shape index (κ3) is 3.39. The number of hydrogen-bond acceptors (Lipinski definition) is 5. The zero-order chi connectivity index (χ0) is 15.6. The number of fused-ring (bicyclic) bond motifs is 1. The molecule has 3 heterocycles. The van der Waals surface area contributed by atoms with Crippen LogP contribution in [0.2, 0.25) is 0 Å². The fourth-order valence-corrected chi connectivity index (χ4v) is 3.68. The molecule has 1 atom stereocenters. The summed E-state index contributed by atoms with van der Waals surface area (Å²) in [6.07, 6.45) is 12.0. The minimum Gasteiger partial charge on any atom is -0.341 e. The molecule has 0 saturated carbocycles. The van der Waals surface area contributed by atoms with E-state index >= 15 is 0 Å². The number of hydrogen-bond donors (Lipinski definition) is 1. The van der Waals surface area contributed by atoms with Crippen molar-refractivity contribution in [1.82, 2.24) is 25.1 Å². The number of nitrogens with zero attached hydrogens (tertiary/aromatic N) is 5. The number of anilines is 1. The summed E-state index contributed by atoms with van der Waals surface area (Å²) in [7, 11) is 2.03. The van der Waals surface area contributed by atoms with E-state index in [2.05, 4.69) is 25.3 Å². The van der Waals surface area contributed by atoms with Crippen molar-refractivity contribution in [2.24, 2.45) is 7.05 Å². The molecule has 4 rings (SSSR count). The Morgan fingerprint density at radius 1 is 1.12 bits per heavy atom. The van der Waals surface area contributed by atoms with Crippen molar-refractivity contribution in [3.8, 4) is 0 Å². The SMILES string of the molecule is Cl.Cn1ncc2c1CCCC2NCc1cnc(N2CCCC2)nc1. The zero-order valence-corrected chi connectivity index (χ0v) is 14.9. The van der Waals surface area contributed by atoms with E-state index in [1.54, 1.807) is 0 Å². The molecule has 6 nitrogen and oxygen atoms in total. The van der Waals surface area contributed by atoms with E-state index in [4.69, 9.17) is 0 Å². The number of aryl methyl sites for hydroxylation is 1. The standard InChI is InChI=1S/C17H24N6.ClH/c1-22-16-6-4-5-15(14(16)12-21-22)18-9-13-10-19-17(20-11-13)23-7-2-3-8-23;/h10-12,15,18H,2-9H2,1H3;1H. The third-order valence-corrected chi connectivity index (χ3v) is 5.01. The van der Waals surface area contributed by atoms with Crippen molar-refractivity contribution in [3.63, 3.8) is 0 Å². The van der Waals surface area contributed by atoms with Gasteiger partial charge in [-0.3, -0.25) is 4.68 Å². The Hall–Kier alpha value is -1.66. The molecule has 2 aromatic heterocycles. The first-order valence-corrected chi connectivity index (χ1v) is 8.61. The fourth-order valence-electron chi connectivity index (χ4n) is 3.68. The van der Waals surface area contributed by atoms with Crippen LogP contribution in [0.25, 0.3) is 0 Å². The summed E-state index contributed by atoms with van der Waals surface area (Å²) in [5, 5.41) is 8.06. The van der Waals surface area contributed by atoms with E-state index in [0.717, 1.165) is 37.6 Å². The maximum atomic E-state index is 4.53. The highest BCUT2D eigenvalue weighted by atomic mass is 35.5. The minimum absolute atomic E-state index is 0. The number of rotatable bonds is 4. The average molecular weight is 349 g/mol. The van der Waals surface area contributed by atoms with Gasteiger partial charge in [-0.1, -0.05) is 0 Å². The van der Waals surface area contributed by atoms with E-state index < -0.39 is 0 Å². The van der Waals surface area contributed by atoms with Gasteiger partial charge in [-0.05, 0) is 32.1 Å². The number of nitrogens with one attached hydrogen (secondary N) is 1. The van der Waals surface area contributed by atoms with Crippen molar-refractivity contribution >= 4 is 18.4 Å². The Morgan fingerprint density at radius 3 is 2.62 bits per heavy atom. The molecule has 0 spiro atoms. The number of aromatic nitrogens is 4. The zero-order valence-electron chi connectivity index (χ0n) is 14.1. The van der Waals surface area contributed by atoms with Crippen LogP contribution in [0.15, 0.2) is 18.6 Å². The van der Waals surface area contributed by atoms with Crippen LogP contribution in [0.4, 0.5) is 5.95 Å². The summed E-state index contributed by atoms with van der Waals surface area (Å²) < 4.78 is 2.01. The second-order valence-corrected chi connectivity index (χ2v) is 6.58. The lowest BCUT2D eigenvalue weighted by Gasteiger charge is -2.24. The first-order valence-electron chi connectivity index (χ1n) is 8.61. The molecule has 1 N–H and O–H groups in total. The Kier molecular flexibility index (Phi) is 5.36. The summed E-state index contributed by atoms with van der Waals surface area (Å²) in [4.78, 5) is 11.3. The molecule has 1 saturated heterocycles. The smallest absolute Gasteiger partial charge is 0.225 e. The monoisotopic (exact) mass is 348 g/mol. The fraction of sp³-hybridized carbons (Fsp3) is 0.588. The van der Waals surface area contributed by atoms with E-state index in [1.807, 2.05) is 30.3 Å². The molecule has 0 bridgehead atoms. The van der Waals surface area contributed by atoms with Gasteiger partial charge in [0.25, 0.3) is 0 Å². The molecular weight excluding hydrogens is 324 g/mol. The van der Waals surface area contributed by atoms with Gasteiger partial charge < -0.3 is 10.2 Å². The minimum atomic E-state index is 0. The summed E-state index contributed by atoms with van der Waals surface area (Å²) >= 11 is 0. The van der Waals surface area contributed by atoms with Crippen LogP contribution in [0.5, 0.6) is 0 Å². The average Bonchev–Trinajstić information content (AvgIpc) is 3.24. The van der Waals surface area contributed by atoms with E-state index in [1.165, 1.54) is 36.9 Å². The molecule has 0 radical (unpaired) electrons. The molecule has 1 fully saturated rings. The first kappa shape index (κ1) is 17.2. The lowest BCUT2D eigenvalue weighted by molar-refractivity contribution is 0.451. The largest absolute Gasteiger partial charge is 0.341 e. The van der Waals surface area contributed by atoms with Crippen LogP contribution in [-0.4, -0.2) is 32.8 Å². The highest BCUT2D eigenvalue weighted by Gasteiger charge is 2.23. The summed E-state index contributed by atoms with van der Waals surface area (Å²) in [5.41, 5.74) is 3.87. The molecule has 1 unspecified atom stereocenters. The van der Waals surface area contributed by atoms with Crippen LogP contribution in [0, 0.1) is 0 Å². The number of halogens is 1. The molecule has 1 aliphatic carbocycles. The molecule has 0 amide bonds. The first-order chi connectivity index (χ1) is 11.3.